The van der Waals surface area contributed by atoms with Crippen molar-refractivity contribution in [1.29, 1.82) is 0 Å². The van der Waals surface area contributed by atoms with Crippen LogP contribution in [0.4, 0.5) is 4.39 Å². The van der Waals surface area contributed by atoms with Crippen molar-refractivity contribution < 1.29 is 19.0 Å². The van der Waals surface area contributed by atoms with Gasteiger partial charge < -0.3 is 14.7 Å². The van der Waals surface area contributed by atoms with Crippen molar-refractivity contribution >= 4 is 5.91 Å². The van der Waals surface area contributed by atoms with Crippen molar-refractivity contribution in [1.82, 2.24) is 4.90 Å². The minimum absolute atomic E-state index is 0.0594. The van der Waals surface area contributed by atoms with Gasteiger partial charge in [-0.2, -0.15) is 0 Å². The molecule has 168 valence electrons. The average molecular weight is 428 g/mol. The fourth-order valence-corrected chi connectivity index (χ4v) is 4.81. The van der Waals surface area contributed by atoms with Crippen LogP contribution in [0.5, 0.6) is 5.75 Å². The van der Waals surface area contributed by atoms with Gasteiger partial charge in [-0.1, -0.05) is 43.5 Å². The highest BCUT2D eigenvalue weighted by Crippen LogP contribution is 2.38. The summed E-state index contributed by atoms with van der Waals surface area (Å²) in [5.74, 6) is 0.176. The molecule has 0 saturated heterocycles. The number of ether oxygens (including phenoxy) is 1. The van der Waals surface area contributed by atoms with E-state index in [9.17, 15) is 14.3 Å². The standard InChI is InChI=1S/C26H34FNO3/c1-28(2)26(30)23-12-8-7-11-21(23)22(25(29)19-9-5-4-6-10-19)16-14-18-13-15-20(27)17-24(18)31-3/h7-8,11-13,15,17,19,22,25,29H,4-6,9-10,14,16H2,1-3H3. The largest absolute Gasteiger partial charge is 0.496 e. The number of aliphatic hydroxyl groups excluding tert-OH is 1. The van der Waals surface area contributed by atoms with Crippen LogP contribution in [0.25, 0.3) is 0 Å². The third-order valence-corrected chi connectivity index (χ3v) is 6.52. The highest BCUT2D eigenvalue weighted by Gasteiger charge is 2.32. The SMILES string of the molecule is COc1cc(F)ccc1CCC(c1ccccc1C(=O)N(C)C)C(O)C1CCCCC1. The summed E-state index contributed by atoms with van der Waals surface area (Å²) in [6.07, 6.45) is 6.28. The van der Waals surface area contributed by atoms with Crippen LogP contribution in [0, 0.1) is 11.7 Å². The van der Waals surface area contributed by atoms with Gasteiger partial charge in [-0.05, 0) is 54.9 Å². The molecule has 1 N–H and O–H groups in total. The molecule has 5 heteroatoms. The maximum absolute atomic E-state index is 13.6. The molecule has 1 aliphatic rings. The molecule has 2 aromatic rings. The van der Waals surface area contributed by atoms with Crippen molar-refractivity contribution in [2.45, 2.75) is 57.0 Å². The van der Waals surface area contributed by atoms with Crippen molar-refractivity contribution in [3.8, 4) is 5.75 Å². The van der Waals surface area contributed by atoms with E-state index in [1.165, 1.54) is 25.7 Å². The molecule has 2 unspecified atom stereocenters. The maximum Gasteiger partial charge on any atom is 0.253 e. The fraction of sp³-hybridized carbons (Fsp3) is 0.500. The number of nitrogens with zero attached hydrogens (tertiary/aromatic N) is 1. The summed E-state index contributed by atoms with van der Waals surface area (Å²) in [6, 6.07) is 12.2. The van der Waals surface area contributed by atoms with Crippen molar-refractivity contribution in [3.05, 3.63) is 65.0 Å². The van der Waals surface area contributed by atoms with E-state index in [1.54, 1.807) is 25.1 Å². The van der Waals surface area contributed by atoms with Gasteiger partial charge in [-0.3, -0.25) is 4.79 Å². The number of hydrogen-bond donors (Lipinski definition) is 1. The van der Waals surface area contributed by atoms with Crippen LogP contribution in [0.1, 0.15) is 65.9 Å². The molecule has 0 heterocycles. The van der Waals surface area contributed by atoms with Gasteiger partial charge >= 0.3 is 0 Å². The maximum atomic E-state index is 13.6. The Labute approximate surface area is 185 Å². The molecule has 1 saturated carbocycles. The van der Waals surface area contributed by atoms with Gasteiger partial charge in [-0.15, -0.1) is 0 Å². The molecule has 0 bridgehead atoms. The number of carbonyl (C=O) groups is 1. The van der Waals surface area contributed by atoms with E-state index in [0.29, 0.717) is 24.2 Å². The molecule has 0 spiro atoms. The molecule has 0 aliphatic heterocycles. The Balaban J connectivity index is 1.93. The average Bonchev–Trinajstić information content (AvgIpc) is 2.80. The molecule has 2 aromatic carbocycles. The van der Waals surface area contributed by atoms with Crippen LogP contribution in [-0.2, 0) is 6.42 Å². The lowest BCUT2D eigenvalue weighted by Crippen LogP contribution is -2.32. The van der Waals surface area contributed by atoms with E-state index in [1.807, 2.05) is 24.3 Å². The summed E-state index contributed by atoms with van der Waals surface area (Å²) in [6.45, 7) is 0. The van der Waals surface area contributed by atoms with E-state index in [4.69, 9.17) is 4.74 Å². The first kappa shape index (κ1) is 23.3. The quantitative estimate of drug-likeness (QED) is 0.630. The van der Waals surface area contributed by atoms with E-state index < -0.39 is 6.10 Å². The van der Waals surface area contributed by atoms with Gasteiger partial charge in [0.15, 0.2) is 0 Å². The third kappa shape index (κ3) is 5.65. The number of carbonyl (C=O) groups excluding carboxylic acids is 1. The normalized spacial score (nSPS) is 16.5. The van der Waals surface area contributed by atoms with Gasteiger partial charge in [0, 0.05) is 31.6 Å². The number of rotatable bonds is 8. The van der Waals surface area contributed by atoms with Crippen molar-refractivity contribution in [2.24, 2.45) is 5.92 Å². The molecule has 4 nitrogen and oxygen atoms in total. The Bertz CT molecular complexity index is 877. The summed E-state index contributed by atoms with van der Waals surface area (Å²) in [4.78, 5) is 14.4. The summed E-state index contributed by atoms with van der Waals surface area (Å²) in [5, 5.41) is 11.5. The number of benzene rings is 2. The van der Waals surface area contributed by atoms with Crippen LogP contribution in [0.15, 0.2) is 42.5 Å². The Morgan fingerprint density at radius 3 is 2.55 bits per heavy atom. The minimum atomic E-state index is -0.525. The van der Waals surface area contributed by atoms with Gasteiger partial charge in [0.2, 0.25) is 0 Å². The van der Waals surface area contributed by atoms with Gasteiger partial charge in [-0.25, -0.2) is 4.39 Å². The number of hydrogen-bond acceptors (Lipinski definition) is 3. The van der Waals surface area contributed by atoms with Crippen molar-refractivity contribution in [3.63, 3.8) is 0 Å². The van der Waals surface area contributed by atoms with Crippen LogP contribution >= 0.6 is 0 Å². The highest BCUT2D eigenvalue weighted by molar-refractivity contribution is 5.95. The van der Waals surface area contributed by atoms with Crippen LogP contribution < -0.4 is 4.74 Å². The molecular formula is C26H34FNO3. The van der Waals surface area contributed by atoms with E-state index in [2.05, 4.69) is 0 Å². The van der Waals surface area contributed by atoms with Gasteiger partial charge in [0.25, 0.3) is 5.91 Å². The molecular weight excluding hydrogens is 393 g/mol. The zero-order valence-electron chi connectivity index (χ0n) is 18.8. The predicted octanol–water partition coefficient (Wildman–Crippen LogP) is 5.19. The van der Waals surface area contributed by atoms with Crippen LogP contribution in [0.3, 0.4) is 0 Å². The summed E-state index contributed by atoms with van der Waals surface area (Å²) in [7, 11) is 5.03. The molecule has 1 aliphatic carbocycles. The first-order chi connectivity index (χ1) is 14.9. The second-order valence-corrected chi connectivity index (χ2v) is 8.78. The molecule has 1 amide bonds. The Hall–Kier alpha value is -2.40. The third-order valence-electron chi connectivity index (χ3n) is 6.52. The van der Waals surface area contributed by atoms with Crippen LogP contribution in [0.2, 0.25) is 0 Å². The Kier molecular flexibility index (Phi) is 8.08. The zero-order chi connectivity index (χ0) is 22.4. The van der Waals surface area contributed by atoms with Crippen molar-refractivity contribution in [2.75, 3.05) is 21.2 Å². The molecule has 2 atom stereocenters. The lowest BCUT2D eigenvalue weighted by Gasteiger charge is -2.34. The minimum Gasteiger partial charge on any atom is -0.496 e. The number of amides is 1. The Morgan fingerprint density at radius 2 is 1.87 bits per heavy atom. The zero-order valence-corrected chi connectivity index (χ0v) is 18.8. The summed E-state index contributed by atoms with van der Waals surface area (Å²) in [5.41, 5.74) is 2.43. The topological polar surface area (TPSA) is 49.8 Å². The smallest absolute Gasteiger partial charge is 0.253 e. The number of methoxy groups -OCH3 is 1. The van der Waals surface area contributed by atoms with Gasteiger partial charge in [0.1, 0.15) is 11.6 Å². The van der Waals surface area contributed by atoms with E-state index in [0.717, 1.165) is 36.8 Å². The highest BCUT2D eigenvalue weighted by atomic mass is 19.1. The molecule has 31 heavy (non-hydrogen) atoms. The summed E-state index contributed by atoms with van der Waals surface area (Å²) >= 11 is 0. The second-order valence-electron chi connectivity index (χ2n) is 8.78. The number of halogens is 1. The second kappa shape index (κ2) is 10.8. The van der Waals surface area contributed by atoms with Crippen LogP contribution in [-0.4, -0.2) is 43.2 Å². The molecule has 0 radical (unpaired) electrons. The fourth-order valence-electron chi connectivity index (χ4n) is 4.81. The Morgan fingerprint density at radius 1 is 1.16 bits per heavy atom. The lowest BCUT2D eigenvalue weighted by molar-refractivity contribution is 0.0568. The molecule has 1 fully saturated rings. The lowest BCUT2D eigenvalue weighted by atomic mass is 9.75. The molecule has 3 rings (SSSR count). The molecule has 0 aromatic heterocycles. The first-order valence-electron chi connectivity index (χ1n) is 11.2. The summed E-state index contributed by atoms with van der Waals surface area (Å²) < 4.78 is 19.0. The van der Waals surface area contributed by atoms with Gasteiger partial charge in [0.05, 0.1) is 13.2 Å². The van der Waals surface area contributed by atoms with E-state index >= 15 is 0 Å². The monoisotopic (exact) mass is 427 g/mol. The van der Waals surface area contributed by atoms with E-state index in [-0.39, 0.29) is 23.6 Å². The predicted molar refractivity (Wildman–Crippen MR) is 121 cm³/mol. The first-order valence-corrected chi connectivity index (χ1v) is 11.2. The number of aryl methyl sites for hydroxylation is 1. The number of aliphatic hydroxyl groups is 1.